The van der Waals surface area contributed by atoms with E-state index in [-0.39, 0.29) is 11.5 Å². The van der Waals surface area contributed by atoms with Gasteiger partial charge in [0.1, 0.15) is 11.2 Å². The highest BCUT2D eigenvalue weighted by molar-refractivity contribution is 6.27. The lowest BCUT2D eigenvalue weighted by atomic mass is 9.76. The summed E-state index contributed by atoms with van der Waals surface area (Å²) < 4.78 is 6.15. The molecular formula is C65H72N2O. The molecule has 0 fully saturated rings. The van der Waals surface area contributed by atoms with Gasteiger partial charge in [-0.05, 0) is 134 Å². The van der Waals surface area contributed by atoms with Gasteiger partial charge in [-0.25, -0.2) is 0 Å². The van der Waals surface area contributed by atoms with E-state index in [0.717, 1.165) is 64.9 Å². The van der Waals surface area contributed by atoms with Crippen molar-refractivity contribution in [3.05, 3.63) is 216 Å². The summed E-state index contributed by atoms with van der Waals surface area (Å²) in [6, 6.07) is 54.4. The average molecular weight is 897 g/mol. The first-order chi connectivity index (χ1) is 32.8. The minimum Gasteiger partial charge on any atom is -0.456 e. The Morgan fingerprint density at radius 1 is 0.647 bits per heavy atom. The maximum atomic E-state index is 6.15. The van der Waals surface area contributed by atoms with Crippen molar-refractivity contribution in [1.82, 2.24) is 5.32 Å². The van der Waals surface area contributed by atoms with Gasteiger partial charge in [-0.1, -0.05) is 225 Å². The topological polar surface area (TPSA) is 51.2 Å². The van der Waals surface area contributed by atoms with E-state index in [1.165, 1.54) is 77.7 Å². The van der Waals surface area contributed by atoms with E-state index < -0.39 is 0 Å². The number of nitrogens with two attached hydrogens (primary N) is 1. The summed E-state index contributed by atoms with van der Waals surface area (Å²) in [5.74, 6) is 0.884. The van der Waals surface area contributed by atoms with Crippen molar-refractivity contribution in [3.8, 4) is 11.1 Å². The number of fused-ring (bicyclic) bond motifs is 9. The molecule has 0 aliphatic heterocycles. The number of hydrogen-bond acceptors (Lipinski definition) is 3. The van der Waals surface area contributed by atoms with Crippen LogP contribution >= 0.6 is 0 Å². The van der Waals surface area contributed by atoms with Crippen molar-refractivity contribution in [3.63, 3.8) is 0 Å². The molecule has 348 valence electrons. The Labute approximate surface area is 406 Å². The van der Waals surface area contributed by atoms with E-state index in [4.69, 9.17) is 10.2 Å². The van der Waals surface area contributed by atoms with E-state index in [2.05, 4.69) is 232 Å². The monoisotopic (exact) mass is 897 g/mol. The molecule has 0 saturated carbocycles. The molecule has 1 heterocycles. The first kappa shape index (κ1) is 49.2. The quantitative estimate of drug-likeness (QED) is 0.149. The molecule has 0 spiro atoms. The minimum atomic E-state index is -0.00811. The molecule has 0 amide bonds. The molecule has 3 N–H and O–H groups in total. The summed E-state index contributed by atoms with van der Waals surface area (Å²) in [5.41, 5.74) is 18.0. The molecule has 1 atom stereocenters. The van der Waals surface area contributed by atoms with Crippen LogP contribution in [0.5, 0.6) is 0 Å². The largest absolute Gasteiger partial charge is 0.456 e. The number of para-hydroxylation sites is 1. The van der Waals surface area contributed by atoms with Crippen LogP contribution in [0.2, 0.25) is 0 Å². The molecule has 8 aromatic carbocycles. The third-order valence-corrected chi connectivity index (χ3v) is 12.9. The first-order valence-corrected chi connectivity index (χ1v) is 24.8. The highest BCUT2D eigenvalue weighted by Crippen LogP contribution is 2.45. The lowest BCUT2D eigenvalue weighted by Gasteiger charge is -2.27. The van der Waals surface area contributed by atoms with E-state index in [1.54, 1.807) is 0 Å². The van der Waals surface area contributed by atoms with Crippen LogP contribution in [0.1, 0.15) is 108 Å². The van der Waals surface area contributed by atoms with Gasteiger partial charge in [0.15, 0.2) is 0 Å². The molecule has 1 aliphatic carbocycles. The van der Waals surface area contributed by atoms with Crippen LogP contribution < -0.4 is 11.1 Å². The van der Waals surface area contributed by atoms with E-state index >= 15 is 0 Å². The summed E-state index contributed by atoms with van der Waals surface area (Å²) in [4.78, 5) is 0. The van der Waals surface area contributed by atoms with Crippen molar-refractivity contribution in [1.29, 1.82) is 0 Å². The van der Waals surface area contributed by atoms with Crippen molar-refractivity contribution < 1.29 is 4.42 Å². The van der Waals surface area contributed by atoms with E-state index in [1.807, 2.05) is 12.1 Å². The Morgan fingerprint density at radius 2 is 1.25 bits per heavy atom. The molecule has 0 bridgehead atoms. The molecule has 1 aromatic heterocycles. The molecule has 1 aliphatic rings. The number of nitrogens with one attached hydrogen (secondary N) is 1. The molecule has 1 unspecified atom stereocenters. The second-order valence-electron chi connectivity index (χ2n) is 19.6. The highest BCUT2D eigenvalue weighted by atomic mass is 16.3. The number of rotatable bonds is 8. The molecule has 0 saturated heterocycles. The van der Waals surface area contributed by atoms with Gasteiger partial charge in [0.05, 0.1) is 6.04 Å². The molecule has 3 heteroatoms. The maximum Gasteiger partial charge on any atom is 0.135 e. The normalized spacial score (nSPS) is 12.8. The second kappa shape index (κ2) is 22.4. The summed E-state index contributed by atoms with van der Waals surface area (Å²) in [6.45, 7) is 25.2. The SMILES string of the molecule is C=C(NC(c1cccc(C)c1)c1ccc2c(c1)oc1ccccc12)C1=CCCC=C1.CCC(C)C.CCCN.Cc1cccc2c1c1ccccc1c1ccc(-c3ccccc3)c(C(C)(C)C)c12. The van der Waals surface area contributed by atoms with Crippen LogP contribution in [0.25, 0.3) is 65.4 Å². The van der Waals surface area contributed by atoms with Crippen LogP contribution in [0.4, 0.5) is 0 Å². The summed E-state index contributed by atoms with van der Waals surface area (Å²) in [6.07, 6.45) is 11.2. The molecule has 3 nitrogen and oxygen atoms in total. The fourth-order valence-corrected chi connectivity index (χ4v) is 9.14. The third-order valence-electron chi connectivity index (χ3n) is 12.9. The van der Waals surface area contributed by atoms with Gasteiger partial charge in [-0.2, -0.15) is 0 Å². The van der Waals surface area contributed by atoms with Gasteiger partial charge in [0.25, 0.3) is 0 Å². The van der Waals surface area contributed by atoms with Crippen molar-refractivity contribution >= 4 is 54.3 Å². The summed E-state index contributed by atoms with van der Waals surface area (Å²) >= 11 is 0. The van der Waals surface area contributed by atoms with Gasteiger partial charge in [-0.3, -0.25) is 0 Å². The summed E-state index contributed by atoms with van der Waals surface area (Å²) in [5, 5.41) is 14.2. The lowest BCUT2D eigenvalue weighted by Crippen LogP contribution is -2.22. The van der Waals surface area contributed by atoms with Crippen LogP contribution in [-0.4, -0.2) is 6.54 Å². The number of hydrogen-bond donors (Lipinski definition) is 2. The van der Waals surface area contributed by atoms with Crippen molar-refractivity contribution in [2.75, 3.05) is 6.54 Å². The molecule has 10 rings (SSSR count). The van der Waals surface area contributed by atoms with E-state index in [9.17, 15) is 0 Å². The zero-order chi connectivity index (χ0) is 48.4. The van der Waals surface area contributed by atoms with E-state index in [0.29, 0.717) is 0 Å². The van der Waals surface area contributed by atoms with Gasteiger partial charge in [0, 0.05) is 16.5 Å². The van der Waals surface area contributed by atoms with Gasteiger partial charge >= 0.3 is 0 Å². The number of benzene rings is 8. The molecular weight excluding hydrogens is 825 g/mol. The molecule has 0 radical (unpaired) electrons. The zero-order valence-corrected chi connectivity index (χ0v) is 42.0. The fraction of sp³-hybridized carbons (Fsp3) is 0.262. The highest BCUT2D eigenvalue weighted by Gasteiger charge is 2.25. The van der Waals surface area contributed by atoms with Crippen molar-refractivity contribution in [2.24, 2.45) is 11.7 Å². The fourth-order valence-electron chi connectivity index (χ4n) is 9.14. The average Bonchev–Trinajstić information content (AvgIpc) is 3.74. The summed E-state index contributed by atoms with van der Waals surface area (Å²) in [7, 11) is 0. The number of aryl methyl sites for hydroxylation is 2. The first-order valence-electron chi connectivity index (χ1n) is 24.8. The number of furan rings is 1. The van der Waals surface area contributed by atoms with Crippen LogP contribution in [0.3, 0.4) is 0 Å². The Hall–Kier alpha value is -6.68. The standard InChI is InChI=1S/C29H26.C28H25NO.C5H12.C3H9N/c1-19-11-10-16-25-26(19)23-15-9-8-14-22(23)24-18-17-21(20-12-6-5-7-13-20)28(27(24)25)29(2,3)4;1-19-9-8-12-22(17-19)28(29-20(2)21-10-4-3-5-11-21)23-15-16-25-24-13-6-7-14-26(24)30-27(25)18-23;1-4-5(2)3;1-2-3-4/h5-18H,1-4H3;4,6-18,28-29H,2-3,5H2,1H3;5H,4H2,1-3H3;2-4H2,1H3. The van der Waals surface area contributed by atoms with Crippen LogP contribution in [0.15, 0.2) is 192 Å². The van der Waals surface area contributed by atoms with Gasteiger partial charge < -0.3 is 15.5 Å². The molecule has 68 heavy (non-hydrogen) atoms. The Bertz CT molecular complexity index is 3210. The zero-order valence-electron chi connectivity index (χ0n) is 42.0. The molecule has 9 aromatic rings. The predicted octanol–water partition coefficient (Wildman–Crippen LogP) is 18.2. The minimum absolute atomic E-state index is 0.00811. The van der Waals surface area contributed by atoms with Gasteiger partial charge in [-0.15, -0.1) is 0 Å². The smallest absolute Gasteiger partial charge is 0.135 e. The van der Waals surface area contributed by atoms with Gasteiger partial charge in [0.2, 0.25) is 0 Å². The van der Waals surface area contributed by atoms with Crippen LogP contribution in [0, 0.1) is 19.8 Å². The predicted molar refractivity (Wildman–Crippen MR) is 298 cm³/mol. The Morgan fingerprint density at radius 3 is 1.91 bits per heavy atom. The van der Waals surface area contributed by atoms with Crippen LogP contribution in [-0.2, 0) is 5.41 Å². The Balaban J connectivity index is 0.000000171. The lowest BCUT2D eigenvalue weighted by molar-refractivity contribution is 0.598. The van der Waals surface area contributed by atoms with Crippen molar-refractivity contribution in [2.45, 2.75) is 99.5 Å². The third kappa shape index (κ3) is 11.2. The number of allylic oxidation sites excluding steroid dienone is 3. The maximum absolute atomic E-state index is 6.15. The second-order valence-corrected chi connectivity index (χ2v) is 19.6. The Kier molecular flexibility index (Phi) is 16.2.